The predicted molar refractivity (Wildman–Crippen MR) is 115 cm³/mol. The number of ether oxygens (including phenoxy) is 1. The molecule has 0 atom stereocenters. The van der Waals surface area contributed by atoms with Crippen LogP contribution < -0.4 is 10.2 Å². The highest BCUT2D eigenvalue weighted by molar-refractivity contribution is 6.03. The van der Waals surface area contributed by atoms with Gasteiger partial charge in [0.1, 0.15) is 0 Å². The summed E-state index contributed by atoms with van der Waals surface area (Å²) in [7, 11) is 3.04. The zero-order valence-electron chi connectivity index (χ0n) is 18.6. The van der Waals surface area contributed by atoms with Crippen molar-refractivity contribution >= 4 is 17.7 Å². The summed E-state index contributed by atoms with van der Waals surface area (Å²) < 4.78 is 34.1. The minimum atomic E-state index is -2.75. The Morgan fingerprint density at radius 1 is 1.24 bits per heavy atom. The summed E-state index contributed by atoms with van der Waals surface area (Å²) in [4.78, 5) is 26.6. The van der Waals surface area contributed by atoms with Gasteiger partial charge in [0.05, 0.1) is 35.8 Å². The number of alkyl halides is 2. The van der Waals surface area contributed by atoms with Crippen molar-refractivity contribution in [2.75, 3.05) is 25.1 Å². The first kappa shape index (κ1) is 22.6. The lowest BCUT2D eigenvalue weighted by atomic mass is 10.0. The van der Waals surface area contributed by atoms with Crippen molar-refractivity contribution in [2.45, 2.75) is 38.5 Å². The molecular formula is C22H24F2N6O3. The molecule has 11 heteroatoms. The molecule has 0 saturated carbocycles. The van der Waals surface area contributed by atoms with Gasteiger partial charge >= 0.3 is 5.97 Å². The molecule has 1 fully saturated rings. The Balaban J connectivity index is 1.72. The molecule has 2 aromatic rings. The van der Waals surface area contributed by atoms with Crippen LogP contribution in [0.3, 0.4) is 0 Å². The first-order chi connectivity index (χ1) is 15.7. The number of aromatic nitrogens is 4. The topological polar surface area (TPSA) is 102 Å². The van der Waals surface area contributed by atoms with Crippen molar-refractivity contribution in [3.05, 3.63) is 40.5 Å². The second kappa shape index (κ2) is 8.74. The van der Waals surface area contributed by atoms with Gasteiger partial charge in [-0.2, -0.15) is 5.10 Å². The number of carbonyl (C=O) groups excluding carboxylic acids is 2. The Labute approximate surface area is 189 Å². The van der Waals surface area contributed by atoms with Gasteiger partial charge in [0.2, 0.25) is 5.92 Å². The van der Waals surface area contributed by atoms with E-state index < -0.39 is 17.8 Å². The highest BCUT2D eigenvalue weighted by Crippen LogP contribution is 2.33. The molecule has 2 aromatic heterocycles. The summed E-state index contributed by atoms with van der Waals surface area (Å²) in [6, 6.07) is 0. The molecule has 1 amide bonds. The van der Waals surface area contributed by atoms with Gasteiger partial charge in [-0.3, -0.25) is 9.48 Å². The average molecular weight is 458 g/mol. The molecule has 2 aliphatic rings. The molecule has 0 unspecified atom stereocenters. The van der Waals surface area contributed by atoms with Crippen LogP contribution in [-0.4, -0.2) is 58.0 Å². The smallest absolute Gasteiger partial charge is 0.342 e. The van der Waals surface area contributed by atoms with E-state index in [2.05, 4.69) is 31.1 Å². The normalized spacial score (nSPS) is 17.4. The number of aryl methyl sites for hydroxylation is 1. The van der Waals surface area contributed by atoms with Crippen LogP contribution in [-0.2, 0) is 16.6 Å². The third kappa shape index (κ3) is 4.63. The Bertz CT molecular complexity index is 1180. The zero-order chi connectivity index (χ0) is 23.8. The van der Waals surface area contributed by atoms with Crippen LogP contribution in [0.4, 0.5) is 14.6 Å². The van der Waals surface area contributed by atoms with Gasteiger partial charge in [-0.15, -0.1) is 10.2 Å². The highest BCUT2D eigenvalue weighted by Gasteiger charge is 2.34. The van der Waals surface area contributed by atoms with Crippen molar-refractivity contribution in [3.8, 4) is 11.3 Å². The predicted octanol–water partition coefficient (Wildman–Crippen LogP) is 2.53. The fraction of sp³-hybridized carbons (Fsp3) is 0.455. The number of amides is 1. The molecule has 4 rings (SSSR count). The van der Waals surface area contributed by atoms with E-state index in [-0.39, 0.29) is 43.6 Å². The first-order valence-corrected chi connectivity index (χ1v) is 10.6. The number of methoxy groups -OCH3 is 1. The fourth-order valence-electron chi connectivity index (χ4n) is 3.96. The van der Waals surface area contributed by atoms with Crippen molar-refractivity contribution in [1.29, 1.82) is 0 Å². The maximum Gasteiger partial charge on any atom is 0.342 e. The van der Waals surface area contributed by atoms with E-state index in [1.807, 2.05) is 0 Å². The summed E-state index contributed by atoms with van der Waals surface area (Å²) in [6.45, 7) is 2.14. The van der Waals surface area contributed by atoms with E-state index in [4.69, 9.17) is 0 Å². The quantitative estimate of drug-likeness (QED) is 0.543. The van der Waals surface area contributed by atoms with Crippen LogP contribution in [0.2, 0.25) is 0 Å². The standard InChI is InChI=1S/C22H24F2N6O3/c1-13-17(20(31)26-16-9-14(10-16)21(32)33-3)19(30-7-4-5-22(23,24)6-8-30)28-27-18(13)15-11-25-29(2)12-15/h11-12H,4-9H2,1-3H3,(H,26,31). The van der Waals surface area contributed by atoms with Gasteiger partial charge in [0.15, 0.2) is 5.82 Å². The molecule has 3 heterocycles. The monoisotopic (exact) mass is 458 g/mol. The molecule has 0 spiro atoms. The summed E-state index contributed by atoms with van der Waals surface area (Å²) >= 11 is 0. The summed E-state index contributed by atoms with van der Waals surface area (Å²) in [5.74, 6) is -3.46. The fourth-order valence-corrected chi connectivity index (χ4v) is 3.96. The van der Waals surface area contributed by atoms with Crippen molar-refractivity contribution < 1.29 is 23.1 Å². The minimum Gasteiger partial charge on any atom is -0.465 e. The SMILES string of the molecule is COC(=O)C1=C=C(NC(=O)c2c(N3CCCC(F)(F)CC3)nnc(-c3cnn(C)c3)c2C)C1. The van der Waals surface area contributed by atoms with Crippen LogP contribution in [0.1, 0.15) is 41.6 Å². The molecular weight excluding hydrogens is 434 g/mol. The maximum atomic E-state index is 13.9. The van der Waals surface area contributed by atoms with E-state index in [0.717, 1.165) is 0 Å². The van der Waals surface area contributed by atoms with Gasteiger partial charge in [0, 0.05) is 51.2 Å². The molecule has 9 nitrogen and oxygen atoms in total. The molecule has 0 bridgehead atoms. The minimum absolute atomic E-state index is 0.0583. The van der Waals surface area contributed by atoms with E-state index in [1.165, 1.54) is 7.11 Å². The Kier molecular flexibility index (Phi) is 5.99. The second-order valence-corrected chi connectivity index (χ2v) is 8.18. The van der Waals surface area contributed by atoms with Gasteiger partial charge < -0.3 is 15.0 Å². The van der Waals surface area contributed by atoms with Gasteiger partial charge in [-0.05, 0) is 18.9 Å². The van der Waals surface area contributed by atoms with Crippen LogP contribution in [0, 0.1) is 6.92 Å². The van der Waals surface area contributed by atoms with Crippen LogP contribution in [0.5, 0.6) is 0 Å². The number of anilines is 1. The number of carbonyl (C=O) groups is 2. The Hall–Kier alpha value is -3.59. The van der Waals surface area contributed by atoms with E-state index in [9.17, 15) is 18.4 Å². The van der Waals surface area contributed by atoms with E-state index >= 15 is 0 Å². The second-order valence-electron chi connectivity index (χ2n) is 8.18. The molecule has 1 aliphatic heterocycles. The number of halogens is 2. The highest BCUT2D eigenvalue weighted by atomic mass is 19.3. The third-order valence-corrected chi connectivity index (χ3v) is 5.77. The molecule has 1 N–H and O–H groups in total. The van der Waals surface area contributed by atoms with Gasteiger partial charge in [-0.25, -0.2) is 13.6 Å². The summed E-state index contributed by atoms with van der Waals surface area (Å²) in [6.07, 6.45) is 3.33. The number of nitrogens with one attached hydrogen (secondary N) is 1. The lowest BCUT2D eigenvalue weighted by Crippen LogP contribution is -2.33. The van der Waals surface area contributed by atoms with Crippen LogP contribution in [0.25, 0.3) is 11.3 Å². The Morgan fingerprint density at radius 3 is 2.67 bits per heavy atom. The first-order valence-electron chi connectivity index (χ1n) is 10.6. The lowest BCUT2D eigenvalue weighted by Gasteiger charge is -2.25. The largest absolute Gasteiger partial charge is 0.465 e. The van der Waals surface area contributed by atoms with E-state index in [1.54, 1.807) is 35.9 Å². The van der Waals surface area contributed by atoms with Crippen molar-refractivity contribution in [1.82, 2.24) is 25.3 Å². The Morgan fingerprint density at radius 2 is 2.00 bits per heavy atom. The van der Waals surface area contributed by atoms with Gasteiger partial charge in [0.25, 0.3) is 5.91 Å². The zero-order valence-corrected chi connectivity index (χ0v) is 18.6. The molecule has 0 aromatic carbocycles. The molecule has 0 radical (unpaired) electrons. The van der Waals surface area contributed by atoms with Crippen LogP contribution in [0.15, 0.2) is 29.4 Å². The van der Waals surface area contributed by atoms with Crippen molar-refractivity contribution in [3.63, 3.8) is 0 Å². The third-order valence-electron chi connectivity index (χ3n) is 5.77. The molecule has 1 aliphatic carbocycles. The molecule has 1 saturated heterocycles. The number of hydrogen-bond acceptors (Lipinski definition) is 7. The number of esters is 1. The summed E-state index contributed by atoms with van der Waals surface area (Å²) in [5.41, 5.74) is 5.52. The summed E-state index contributed by atoms with van der Waals surface area (Å²) in [5, 5.41) is 15.5. The number of rotatable bonds is 5. The molecule has 33 heavy (non-hydrogen) atoms. The molecule has 174 valence electrons. The lowest BCUT2D eigenvalue weighted by molar-refractivity contribution is -0.136. The average Bonchev–Trinajstić information content (AvgIpc) is 3.08. The van der Waals surface area contributed by atoms with E-state index in [0.29, 0.717) is 34.6 Å². The maximum absolute atomic E-state index is 13.9. The number of hydrogen-bond donors (Lipinski definition) is 1. The number of nitrogens with zero attached hydrogens (tertiary/aromatic N) is 5. The van der Waals surface area contributed by atoms with Gasteiger partial charge in [-0.1, -0.05) is 5.73 Å². The van der Waals surface area contributed by atoms with Crippen LogP contribution >= 0.6 is 0 Å². The van der Waals surface area contributed by atoms with Crippen molar-refractivity contribution in [2.24, 2.45) is 7.05 Å².